The molecule has 0 spiro atoms. The second-order valence-corrected chi connectivity index (χ2v) is 7.48. The van der Waals surface area contributed by atoms with Gasteiger partial charge in [0.25, 0.3) is 0 Å². The molecule has 4 aromatic rings. The number of para-hydroxylation sites is 2. The van der Waals surface area contributed by atoms with E-state index in [1.165, 1.54) is 16.0 Å². The number of rotatable bonds is 7. The van der Waals surface area contributed by atoms with Crippen molar-refractivity contribution < 1.29 is 4.74 Å². The Labute approximate surface area is 157 Å². The number of hydrogen-bond acceptors (Lipinski definition) is 3. The predicted octanol–water partition coefficient (Wildman–Crippen LogP) is 5.47. The lowest BCUT2D eigenvalue weighted by atomic mass is 10.2. The van der Waals surface area contributed by atoms with E-state index in [2.05, 4.69) is 65.4 Å². The maximum Gasteiger partial charge on any atom is 0.119 e. The molecule has 2 aromatic heterocycles. The van der Waals surface area contributed by atoms with Gasteiger partial charge in [-0.15, -0.1) is 11.3 Å². The van der Waals surface area contributed by atoms with E-state index in [0.717, 1.165) is 36.5 Å². The molecule has 0 bridgehead atoms. The molecule has 0 aliphatic rings. The Kier molecular flexibility index (Phi) is 5.02. The van der Waals surface area contributed by atoms with Gasteiger partial charge < -0.3 is 9.30 Å². The minimum absolute atomic E-state index is 0.703. The second kappa shape index (κ2) is 7.75. The van der Waals surface area contributed by atoms with Gasteiger partial charge >= 0.3 is 0 Å². The lowest BCUT2D eigenvalue weighted by Crippen LogP contribution is -2.08. The van der Waals surface area contributed by atoms with Crippen molar-refractivity contribution in [3.8, 4) is 5.75 Å². The summed E-state index contributed by atoms with van der Waals surface area (Å²) in [6.07, 6.45) is 1.83. The van der Waals surface area contributed by atoms with Crippen molar-refractivity contribution in [3.05, 3.63) is 82.3 Å². The lowest BCUT2D eigenvalue weighted by molar-refractivity contribution is 0.301. The molecule has 4 heteroatoms. The zero-order chi connectivity index (χ0) is 17.8. The number of benzene rings is 2. The maximum atomic E-state index is 5.91. The minimum Gasteiger partial charge on any atom is -0.494 e. The van der Waals surface area contributed by atoms with Crippen LogP contribution in [0.2, 0.25) is 0 Å². The summed E-state index contributed by atoms with van der Waals surface area (Å²) in [6.45, 7) is 3.70. The summed E-state index contributed by atoms with van der Waals surface area (Å²) in [4.78, 5) is 6.21. The first kappa shape index (κ1) is 16.9. The molecule has 0 radical (unpaired) electrons. The molecule has 0 unspecified atom stereocenters. The number of aryl methyl sites for hydroxylation is 2. The second-order valence-electron chi connectivity index (χ2n) is 6.44. The van der Waals surface area contributed by atoms with Crippen molar-refractivity contribution in [1.29, 1.82) is 0 Å². The van der Waals surface area contributed by atoms with Crippen LogP contribution in [0.4, 0.5) is 0 Å². The number of fused-ring (bicyclic) bond motifs is 1. The molecule has 0 aliphatic carbocycles. The van der Waals surface area contributed by atoms with Gasteiger partial charge in [-0.3, -0.25) is 0 Å². The van der Waals surface area contributed by atoms with Gasteiger partial charge in [0.2, 0.25) is 0 Å². The normalized spacial score (nSPS) is 11.1. The molecule has 0 fully saturated rings. The number of aromatic nitrogens is 2. The van der Waals surface area contributed by atoms with Crippen LogP contribution in [0, 0.1) is 6.92 Å². The van der Waals surface area contributed by atoms with Crippen LogP contribution < -0.4 is 4.74 Å². The van der Waals surface area contributed by atoms with Crippen LogP contribution >= 0.6 is 11.3 Å². The fourth-order valence-electron chi connectivity index (χ4n) is 3.20. The molecular formula is C22H22N2OS. The topological polar surface area (TPSA) is 27.1 Å². The van der Waals surface area contributed by atoms with Gasteiger partial charge in [-0.25, -0.2) is 4.98 Å². The third-order valence-electron chi connectivity index (χ3n) is 4.43. The van der Waals surface area contributed by atoms with Gasteiger partial charge in [0.15, 0.2) is 0 Å². The largest absolute Gasteiger partial charge is 0.494 e. The summed E-state index contributed by atoms with van der Waals surface area (Å²) in [5.74, 6) is 2.07. The van der Waals surface area contributed by atoms with Crippen LogP contribution in [0.25, 0.3) is 11.0 Å². The lowest BCUT2D eigenvalue weighted by Gasteiger charge is -2.10. The highest BCUT2D eigenvalue weighted by Crippen LogP contribution is 2.21. The van der Waals surface area contributed by atoms with Gasteiger partial charge in [-0.1, -0.05) is 30.3 Å². The predicted molar refractivity (Wildman–Crippen MR) is 108 cm³/mol. The molecule has 0 amide bonds. The molecule has 0 atom stereocenters. The number of ether oxygens (including phenoxy) is 1. The van der Waals surface area contributed by atoms with Crippen LogP contribution in [-0.4, -0.2) is 16.2 Å². The zero-order valence-corrected chi connectivity index (χ0v) is 15.7. The summed E-state index contributed by atoms with van der Waals surface area (Å²) in [5.41, 5.74) is 3.50. The highest BCUT2D eigenvalue weighted by molar-refractivity contribution is 7.09. The molecule has 4 rings (SSSR count). The summed E-state index contributed by atoms with van der Waals surface area (Å²) in [5, 5.41) is 2.12. The molecule has 26 heavy (non-hydrogen) atoms. The molecule has 2 heterocycles. The van der Waals surface area contributed by atoms with Gasteiger partial charge in [0.05, 0.1) is 17.6 Å². The van der Waals surface area contributed by atoms with Crippen LogP contribution in [0.3, 0.4) is 0 Å². The van der Waals surface area contributed by atoms with Crippen LogP contribution in [0.1, 0.15) is 22.7 Å². The SMILES string of the molecule is Cc1cccc(OCCCn2c(Cc3cccs3)nc3ccccc32)c1. The van der Waals surface area contributed by atoms with Gasteiger partial charge in [0, 0.05) is 17.8 Å². The fourth-order valence-corrected chi connectivity index (χ4v) is 3.90. The first-order valence-corrected chi connectivity index (χ1v) is 9.83. The van der Waals surface area contributed by atoms with E-state index in [9.17, 15) is 0 Å². The van der Waals surface area contributed by atoms with Crippen LogP contribution in [0.15, 0.2) is 66.0 Å². The van der Waals surface area contributed by atoms with Crippen molar-refractivity contribution in [2.24, 2.45) is 0 Å². The molecule has 0 N–H and O–H groups in total. The maximum absolute atomic E-state index is 5.91. The number of hydrogen-bond donors (Lipinski definition) is 0. The van der Waals surface area contributed by atoms with Crippen molar-refractivity contribution in [1.82, 2.24) is 9.55 Å². The Bertz CT molecular complexity index is 988. The molecule has 132 valence electrons. The standard InChI is InChI=1S/C22H22N2OS/c1-17-7-4-8-18(15-17)25-13-6-12-24-21-11-3-2-10-20(21)23-22(24)16-19-9-5-14-26-19/h2-5,7-11,14-15H,6,12-13,16H2,1H3. The number of thiophene rings is 1. The van der Waals surface area contributed by atoms with E-state index in [-0.39, 0.29) is 0 Å². The van der Waals surface area contributed by atoms with E-state index in [1.807, 2.05) is 12.1 Å². The van der Waals surface area contributed by atoms with Gasteiger partial charge in [-0.05, 0) is 54.6 Å². The zero-order valence-electron chi connectivity index (χ0n) is 14.9. The average Bonchev–Trinajstić information content (AvgIpc) is 3.27. The van der Waals surface area contributed by atoms with Crippen LogP contribution in [0.5, 0.6) is 5.75 Å². The van der Waals surface area contributed by atoms with E-state index >= 15 is 0 Å². The highest BCUT2D eigenvalue weighted by atomic mass is 32.1. The van der Waals surface area contributed by atoms with Crippen LogP contribution in [-0.2, 0) is 13.0 Å². The third kappa shape index (κ3) is 3.81. The Morgan fingerprint density at radius 3 is 2.81 bits per heavy atom. The summed E-state index contributed by atoms with van der Waals surface area (Å²) < 4.78 is 8.25. The van der Waals surface area contributed by atoms with E-state index in [4.69, 9.17) is 9.72 Å². The molecular weight excluding hydrogens is 340 g/mol. The Morgan fingerprint density at radius 2 is 1.96 bits per heavy atom. The van der Waals surface area contributed by atoms with Crippen molar-refractivity contribution >= 4 is 22.4 Å². The molecule has 0 aliphatic heterocycles. The van der Waals surface area contributed by atoms with E-state index < -0.39 is 0 Å². The summed E-state index contributed by atoms with van der Waals surface area (Å²) in [7, 11) is 0. The Balaban J connectivity index is 1.47. The average molecular weight is 362 g/mol. The van der Waals surface area contributed by atoms with Gasteiger partial charge in [-0.2, -0.15) is 0 Å². The van der Waals surface area contributed by atoms with Crippen molar-refractivity contribution in [3.63, 3.8) is 0 Å². The molecule has 2 aromatic carbocycles. The van der Waals surface area contributed by atoms with Crippen molar-refractivity contribution in [2.45, 2.75) is 26.3 Å². The number of nitrogens with zero attached hydrogens (tertiary/aromatic N) is 2. The quantitative estimate of drug-likeness (QED) is 0.408. The van der Waals surface area contributed by atoms with Crippen molar-refractivity contribution in [2.75, 3.05) is 6.61 Å². The van der Waals surface area contributed by atoms with E-state index in [0.29, 0.717) is 6.61 Å². The molecule has 0 saturated carbocycles. The highest BCUT2D eigenvalue weighted by Gasteiger charge is 2.11. The monoisotopic (exact) mass is 362 g/mol. The first-order chi connectivity index (χ1) is 12.8. The van der Waals surface area contributed by atoms with E-state index in [1.54, 1.807) is 11.3 Å². The Morgan fingerprint density at radius 1 is 1.04 bits per heavy atom. The summed E-state index contributed by atoms with van der Waals surface area (Å²) >= 11 is 1.79. The minimum atomic E-state index is 0.703. The van der Waals surface area contributed by atoms with Gasteiger partial charge in [0.1, 0.15) is 11.6 Å². The smallest absolute Gasteiger partial charge is 0.119 e. The summed E-state index contributed by atoms with van der Waals surface area (Å²) in [6, 6.07) is 20.9. The molecule has 3 nitrogen and oxygen atoms in total. The third-order valence-corrected chi connectivity index (χ3v) is 5.31. The Hall–Kier alpha value is -2.59. The molecule has 0 saturated heterocycles. The fraction of sp³-hybridized carbons (Fsp3) is 0.227. The first-order valence-electron chi connectivity index (χ1n) is 8.95. The number of imidazole rings is 1.